The van der Waals surface area contributed by atoms with Crippen LogP contribution < -0.4 is 10.1 Å². The number of alkyl halides is 3. The van der Waals surface area contributed by atoms with Crippen LogP contribution in [-0.4, -0.2) is 71.9 Å². The lowest BCUT2D eigenvalue weighted by molar-refractivity contribution is -0.189. The van der Waals surface area contributed by atoms with Crippen molar-refractivity contribution in [1.82, 2.24) is 15.2 Å². The molecule has 0 spiro atoms. The molecule has 2 N–H and O–H groups in total. The predicted octanol–water partition coefficient (Wildman–Crippen LogP) is 3.57. The highest BCUT2D eigenvalue weighted by Gasteiger charge is 2.55. The van der Waals surface area contributed by atoms with Crippen LogP contribution in [0.25, 0.3) is 0 Å². The molecule has 2 fully saturated rings. The molecule has 0 radical (unpaired) electrons. The number of amides is 1. The van der Waals surface area contributed by atoms with Crippen molar-refractivity contribution in [2.75, 3.05) is 13.1 Å². The van der Waals surface area contributed by atoms with Gasteiger partial charge in [-0.1, -0.05) is 23.2 Å². The number of carboxylic acid groups (broad SMARTS) is 1. The maximum Gasteiger partial charge on any atom is 0.425 e. The van der Waals surface area contributed by atoms with Crippen LogP contribution in [-0.2, 0) is 25.0 Å². The lowest BCUT2D eigenvalue weighted by Gasteiger charge is -2.44. The maximum absolute atomic E-state index is 14.7. The molecule has 2 saturated heterocycles. The lowest BCUT2D eigenvalue weighted by Crippen LogP contribution is -2.65. The summed E-state index contributed by atoms with van der Waals surface area (Å²) in [6.45, 7) is 0.500. The van der Waals surface area contributed by atoms with Crippen molar-refractivity contribution in [2.45, 2.75) is 53.8 Å². The Balaban J connectivity index is 1.62. The summed E-state index contributed by atoms with van der Waals surface area (Å²) in [5.41, 5.74) is -2.02. The van der Waals surface area contributed by atoms with E-state index in [0.29, 0.717) is 6.54 Å². The number of nitrogens with zero attached hydrogens (tertiary/aromatic N) is 2. The average Bonchev–Trinajstić information content (AvgIpc) is 3.25. The number of hydrogen-bond acceptors (Lipinski definition) is 7. The minimum atomic E-state index is -4.67. The molecule has 212 valence electrons. The largest absolute Gasteiger partial charge is 0.481 e. The van der Waals surface area contributed by atoms with Crippen molar-refractivity contribution in [3.63, 3.8) is 0 Å². The molecule has 16 heteroatoms. The molecule has 1 aromatic heterocycles. The number of pyridine rings is 1. The third-order valence-corrected chi connectivity index (χ3v) is 9.55. The van der Waals surface area contributed by atoms with Gasteiger partial charge in [0.15, 0.2) is 15.9 Å². The monoisotopic (exact) mass is 613 g/mol. The zero-order chi connectivity index (χ0) is 28.9. The number of carbonyl (C=O) groups is 2. The zero-order valence-electron chi connectivity index (χ0n) is 20.0. The van der Waals surface area contributed by atoms with Gasteiger partial charge in [0.05, 0.1) is 20.2 Å². The number of rotatable bonds is 7. The van der Waals surface area contributed by atoms with Gasteiger partial charge in [-0.3, -0.25) is 15.1 Å². The van der Waals surface area contributed by atoms with Gasteiger partial charge in [0.2, 0.25) is 5.91 Å². The van der Waals surface area contributed by atoms with Crippen LogP contribution >= 0.6 is 23.2 Å². The standard InChI is InChI=1S/C23H21Cl2F4N3O6S/c1-11(23(27,28)29)38-13-2-3-18(15(25)7-13)39(36,37)14-8-17(20(33)34)32(10-14)21(35)22(4-5-31-22)19-16(26)6-12(24)9-30-19/h2-3,6-7,9,11,14,17,31H,4-5,8,10H2,1H3,(H,33,34)/t11-,14+,17-,22?/m0/s1. The number of aliphatic carboxylic acids is 1. The molecule has 1 unspecified atom stereocenters. The Bertz CT molecular complexity index is 1420. The Morgan fingerprint density at radius 3 is 2.46 bits per heavy atom. The van der Waals surface area contributed by atoms with Gasteiger partial charge in [-0.05, 0) is 44.5 Å². The smallest absolute Gasteiger partial charge is 0.425 e. The third kappa shape index (κ3) is 5.39. The van der Waals surface area contributed by atoms with E-state index < -0.39 is 79.5 Å². The zero-order valence-corrected chi connectivity index (χ0v) is 22.3. The molecule has 0 aliphatic carbocycles. The number of halogens is 6. The second kappa shape index (κ2) is 10.4. The van der Waals surface area contributed by atoms with Crippen LogP contribution in [0.3, 0.4) is 0 Å². The second-order valence-electron chi connectivity index (χ2n) is 9.17. The SMILES string of the molecule is C[C@H](Oc1ccc(S(=O)(=O)[C@@H]2C[C@@H](C(=O)O)N(C(=O)C3(c4ncc(Cl)cc4F)CCN3)C2)c(Cl)c1)C(F)(F)F. The molecule has 4 atom stereocenters. The van der Waals surface area contributed by atoms with Crippen molar-refractivity contribution in [2.24, 2.45) is 0 Å². The van der Waals surface area contributed by atoms with Crippen molar-refractivity contribution in [3.05, 3.63) is 52.0 Å². The first-order valence-electron chi connectivity index (χ1n) is 11.4. The Hall–Kier alpha value is -2.68. The number of nitrogens with one attached hydrogen (secondary N) is 1. The summed E-state index contributed by atoms with van der Waals surface area (Å²) in [6.07, 6.45) is -6.16. The molecule has 3 heterocycles. The molecule has 4 rings (SSSR count). The quantitative estimate of drug-likeness (QED) is 0.454. The minimum Gasteiger partial charge on any atom is -0.481 e. The number of hydrogen-bond donors (Lipinski definition) is 2. The van der Waals surface area contributed by atoms with Gasteiger partial charge < -0.3 is 14.7 Å². The van der Waals surface area contributed by atoms with Crippen LogP contribution in [0.15, 0.2) is 35.4 Å². The number of likely N-dealkylation sites (tertiary alicyclic amines) is 1. The fraction of sp³-hybridized carbons (Fsp3) is 0.435. The average molecular weight is 614 g/mol. The lowest BCUT2D eigenvalue weighted by atomic mass is 9.82. The highest BCUT2D eigenvalue weighted by Crippen LogP contribution is 2.39. The molecule has 9 nitrogen and oxygen atoms in total. The molecule has 39 heavy (non-hydrogen) atoms. The number of carbonyl (C=O) groups excluding carboxylic acids is 1. The van der Waals surface area contributed by atoms with Crippen LogP contribution in [0.2, 0.25) is 10.0 Å². The Labute approximate surface area is 230 Å². The van der Waals surface area contributed by atoms with E-state index in [-0.39, 0.29) is 22.9 Å². The number of benzene rings is 1. The van der Waals surface area contributed by atoms with Crippen molar-refractivity contribution in [1.29, 1.82) is 0 Å². The highest BCUT2D eigenvalue weighted by molar-refractivity contribution is 7.92. The summed E-state index contributed by atoms with van der Waals surface area (Å²) < 4.78 is 84.8. The van der Waals surface area contributed by atoms with Crippen molar-refractivity contribution < 1.29 is 45.4 Å². The van der Waals surface area contributed by atoms with E-state index in [4.69, 9.17) is 27.9 Å². The van der Waals surface area contributed by atoms with Gasteiger partial charge in [-0.25, -0.2) is 17.6 Å². The van der Waals surface area contributed by atoms with Crippen molar-refractivity contribution in [3.8, 4) is 5.75 Å². The van der Waals surface area contributed by atoms with E-state index in [1.54, 1.807) is 0 Å². The number of carboxylic acids is 1. The summed E-state index contributed by atoms with van der Waals surface area (Å²) in [5, 5.41) is 10.7. The Kier molecular flexibility index (Phi) is 7.80. The van der Waals surface area contributed by atoms with E-state index in [0.717, 1.165) is 42.3 Å². The van der Waals surface area contributed by atoms with E-state index in [2.05, 4.69) is 10.3 Å². The van der Waals surface area contributed by atoms with Crippen LogP contribution in [0.1, 0.15) is 25.5 Å². The van der Waals surface area contributed by atoms with E-state index in [1.807, 2.05) is 0 Å². The maximum atomic E-state index is 14.7. The molecule has 0 bridgehead atoms. The fourth-order valence-electron chi connectivity index (χ4n) is 4.55. The summed E-state index contributed by atoms with van der Waals surface area (Å²) in [6, 6.07) is 2.25. The second-order valence-corrected chi connectivity index (χ2v) is 12.2. The first-order chi connectivity index (χ1) is 18.1. The van der Waals surface area contributed by atoms with Gasteiger partial charge >= 0.3 is 12.1 Å². The van der Waals surface area contributed by atoms with E-state index >= 15 is 0 Å². The Morgan fingerprint density at radius 1 is 1.28 bits per heavy atom. The third-order valence-electron chi connectivity index (χ3n) is 6.74. The van der Waals surface area contributed by atoms with Crippen LogP contribution in [0, 0.1) is 5.82 Å². The summed E-state index contributed by atoms with van der Waals surface area (Å²) >= 11 is 11.9. The molecule has 1 aromatic carbocycles. The fourth-order valence-corrected chi connectivity index (χ4v) is 6.93. The van der Waals surface area contributed by atoms with Gasteiger partial charge in [0.1, 0.15) is 28.8 Å². The van der Waals surface area contributed by atoms with Gasteiger partial charge in [0, 0.05) is 18.8 Å². The topological polar surface area (TPSA) is 126 Å². The van der Waals surface area contributed by atoms with E-state index in [9.17, 15) is 40.7 Å². The first kappa shape index (κ1) is 29.3. The van der Waals surface area contributed by atoms with Gasteiger partial charge in [-0.15, -0.1) is 0 Å². The first-order valence-corrected chi connectivity index (χ1v) is 13.8. The molecular weight excluding hydrogens is 593 g/mol. The number of aromatic nitrogens is 1. The normalized spacial score (nSPS) is 24.2. The van der Waals surface area contributed by atoms with Gasteiger partial charge in [-0.2, -0.15) is 13.2 Å². The molecular formula is C23H21Cl2F4N3O6S. The Morgan fingerprint density at radius 2 is 1.95 bits per heavy atom. The summed E-state index contributed by atoms with van der Waals surface area (Å²) in [5.74, 6) is -3.57. The van der Waals surface area contributed by atoms with Crippen LogP contribution in [0.5, 0.6) is 5.75 Å². The number of sulfone groups is 1. The van der Waals surface area contributed by atoms with Gasteiger partial charge in [0.25, 0.3) is 0 Å². The summed E-state index contributed by atoms with van der Waals surface area (Å²) in [4.78, 5) is 30.0. The van der Waals surface area contributed by atoms with Crippen LogP contribution in [0.4, 0.5) is 17.6 Å². The molecule has 2 aromatic rings. The van der Waals surface area contributed by atoms with Crippen molar-refractivity contribution >= 4 is 44.9 Å². The molecule has 0 saturated carbocycles. The minimum absolute atomic E-state index is 0.0184. The number of ether oxygens (including phenoxy) is 1. The molecule has 2 aliphatic rings. The van der Waals surface area contributed by atoms with E-state index in [1.165, 1.54) is 0 Å². The predicted molar refractivity (Wildman–Crippen MR) is 130 cm³/mol. The molecule has 1 amide bonds. The summed E-state index contributed by atoms with van der Waals surface area (Å²) in [7, 11) is -4.38. The highest BCUT2D eigenvalue weighted by atomic mass is 35.5. The molecule has 2 aliphatic heterocycles.